The van der Waals surface area contributed by atoms with Crippen molar-refractivity contribution in [3.05, 3.63) is 99.5 Å². The first kappa shape index (κ1) is 30.8. The number of carbonyl (C=O) groups is 2. The SMILES string of the molecule is CN(CC(=O)N(Cc1ccc(Br)cc1)C(Cc1ccccc1)C(=O)NC(C)(C)C)S(=O)(=O)c1ccc(Cl)cc1. The van der Waals surface area contributed by atoms with E-state index in [1.807, 2.05) is 75.4 Å². The van der Waals surface area contributed by atoms with Crippen molar-refractivity contribution in [2.45, 2.75) is 50.2 Å². The highest BCUT2D eigenvalue weighted by Crippen LogP contribution is 2.21. The van der Waals surface area contributed by atoms with Crippen LogP contribution in [0.2, 0.25) is 5.02 Å². The van der Waals surface area contributed by atoms with E-state index in [9.17, 15) is 18.0 Å². The van der Waals surface area contributed by atoms with Gasteiger partial charge in [0.05, 0.1) is 11.4 Å². The molecule has 0 heterocycles. The Labute approximate surface area is 244 Å². The second-order valence-corrected chi connectivity index (χ2v) is 13.7. The van der Waals surface area contributed by atoms with Gasteiger partial charge in [-0.1, -0.05) is 70.0 Å². The molecule has 1 unspecified atom stereocenters. The molecule has 0 bridgehead atoms. The molecule has 0 saturated carbocycles. The van der Waals surface area contributed by atoms with Crippen LogP contribution < -0.4 is 5.32 Å². The third-order valence-electron chi connectivity index (χ3n) is 5.92. The van der Waals surface area contributed by atoms with Crippen LogP contribution in [-0.4, -0.2) is 54.6 Å². The van der Waals surface area contributed by atoms with Gasteiger partial charge in [0.25, 0.3) is 0 Å². The number of hydrogen-bond acceptors (Lipinski definition) is 4. The number of carbonyl (C=O) groups excluding carboxylic acids is 2. The summed E-state index contributed by atoms with van der Waals surface area (Å²) in [6.45, 7) is 5.29. The predicted molar refractivity (Wildman–Crippen MR) is 158 cm³/mol. The summed E-state index contributed by atoms with van der Waals surface area (Å²) >= 11 is 9.35. The molecule has 3 aromatic carbocycles. The minimum atomic E-state index is -3.98. The van der Waals surface area contributed by atoms with Crippen molar-refractivity contribution in [1.82, 2.24) is 14.5 Å². The Hall–Kier alpha value is -2.72. The summed E-state index contributed by atoms with van der Waals surface area (Å²) < 4.78 is 28.3. The first-order chi connectivity index (χ1) is 18.3. The fourth-order valence-electron chi connectivity index (χ4n) is 3.95. The minimum Gasteiger partial charge on any atom is -0.350 e. The van der Waals surface area contributed by atoms with Gasteiger partial charge in [-0.25, -0.2) is 8.42 Å². The number of nitrogens with one attached hydrogen (secondary N) is 1. The molecule has 208 valence electrons. The van der Waals surface area contributed by atoms with Crippen LogP contribution in [0, 0.1) is 0 Å². The van der Waals surface area contributed by atoms with Crippen LogP contribution >= 0.6 is 27.5 Å². The smallest absolute Gasteiger partial charge is 0.243 e. The number of hydrogen-bond donors (Lipinski definition) is 1. The molecular formula is C29H33BrClN3O4S. The third kappa shape index (κ3) is 8.89. The molecule has 0 aliphatic carbocycles. The molecule has 0 saturated heterocycles. The van der Waals surface area contributed by atoms with E-state index in [4.69, 9.17) is 11.6 Å². The highest BCUT2D eigenvalue weighted by atomic mass is 79.9. The van der Waals surface area contributed by atoms with Gasteiger partial charge in [0.2, 0.25) is 21.8 Å². The number of likely N-dealkylation sites (N-methyl/N-ethyl adjacent to an activating group) is 1. The summed E-state index contributed by atoms with van der Waals surface area (Å²) in [5.74, 6) is -0.817. The van der Waals surface area contributed by atoms with Crippen LogP contribution in [0.4, 0.5) is 0 Å². The molecule has 3 rings (SSSR count). The zero-order valence-electron chi connectivity index (χ0n) is 22.4. The molecule has 0 fully saturated rings. The van der Waals surface area contributed by atoms with Gasteiger partial charge >= 0.3 is 0 Å². The van der Waals surface area contributed by atoms with E-state index in [0.29, 0.717) is 5.02 Å². The number of benzene rings is 3. The molecule has 0 radical (unpaired) electrons. The van der Waals surface area contributed by atoms with Crippen molar-refractivity contribution in [2.75, 3.05) is 13.6 Å². The molecule has 0 aromatic heterocycles. The van der Waals surface area contributed by atoms with E-state index >= 15 is 0 Å². The van der Waals surface area contributed by atoms with Gasteiger partial charge in [-0.05, 0) is 68.3 Å². The highest BCUT2D eigenvalue weighted by Gasteiger charge is 2.34. The molecule has 3 aromatic rings. The maximum Gasteiger partial charge on any atom is 0.243 e. The topological polar surface area (TPSA) is 86.8 Å². The number of sulfonamides is 1. The largest absolute Gasteiger partial charge is 0.350 e. The first-order valence-corrected chi connectivity index (χ1v) is 15.0. The predicted octanol–water partition coefficient (Wildman–Crippen LogP) is 5.28. The summed E-state index contributed by atoms with van der Waals surface area (Å²) in [6, 6.07) is 21.8. The summed E-state index contributed by atoms with van der Waals surface area (Å²) in [4.78, 5) is 29.0. The number of amides is 2. The van der Waals surface area contributed by atoms with Crippen molar-refractivity contribution >= 4 is 49.4 Å². The van der Waals surface area contributed by atoms with Crippen molar-refractivity contribution in [1.29, 1.82) is 0 Å². The fraction of sp³-hybridized carbons (Fsp3) is 0.310. The zero-order valence-corrected chi connectivity index (χ0v) is 25.6. The Balaban J connectivity index is 1.98. The molecular weight excluding hydrogens is 602 g/mol. The zero-order chi connectivity index (χ0) is 28.8. The van der Waals surface area contributed by atoms with Crippen molar-refractivity contribution in [3.63, 3.8) is 0 Å². The lowest BCUT2D eigenvalue weighted by atomic mass is 10.0. The second kappa shape index (κ2) is 13.1. The van der Waals surface area contributed by atoms with Crippen molar-refractivity contribution in [2.24, 2.45) is 0 Å². The van der Waals surface area contributed by atoms with Gasteiger partial charge < -0.3 is 10.2 Å². The standard InChI is InChI=1S/C29H33BrClN3O4S/c1-29(2,3)32-28(36)26(18-21-8-6-5-7-9-21)34(19-22-10-12-23(30)13-11-22)27(35)20-33(4)39(37,38)25-16-14-24(31)15-17-25/h5-17,26H,18-20H2,1-4H3,(H,32,36). The van der Waals surface area contributed by atoms with Crippen molar-refractivity contribution < 1.29 is 18.0 Å². The van der Waals surface area contributed by atoms with Gasteiger partial charge in [0, 0.05) is 35.0 Å². The molecule has 7 nitrogen and oxygen atoms in total. The first-order valence-electron chi connectivity index (χ1n) is 12.4. The van der Waals surface area contributed by atoms with Crippen LogP contribution in [0.15, 0.2) is 88.2 Å². The van der Waals surface area contributed by atoms with Gasteiger partial charge in [0.1, 0.15) is 6.04 Å². The molecule has 2 amide bonds. The van der Waals surface area contributed by atoms with Gasteiger partial charge in [-0.2, -0.15) is 4.31 Å². The van der Waals surface area contributed by atoms with Gasteiger partial charge in [0.15, 0.2) is 0 Å². The van der Waals surface area contributed by atoms with Gasteiger partial charge in [-0.15, -0.1) is 0 Å². The second-order valence-electron chi connectivity index (χ2n) is 10.3. The maximum atomic E-state index is 13.9. The molecule has 0 aliphatic heterocycles. The van der Waals surface area contributed by atoms with Crippen molar-refractivity contribution in [3.8, 4) is 0 Å². The Bertz CT molecular complexity index is 1380. The van der Waals surface area contributed by atoms with Crippen LogP contribution in [0.25, 0.3) is 0 Å². The van der Waals surface area contributed by atoms with E-state index in [1.165, 1.54) is 36.2 Å². The summed E-state index contributed by atoms with van der Waals surface area (Å²) in [6.07, 6.45) is 0.263. The lowest BCUT2D eigenvalue weighted by Gasteiger charge is -2.34. The maximum absolute atomic E-state index is 13.9. The van der Waals surface area contributed by atoms with E-state index in [2.05, 4.69) is 21.2 Å². The lowest BCUT2D eigenvalue weighted by Crippen LogP contribution is -2.56. The molecule has 0 spiro atoms. The van der Waals surface area contributed by atoms with E-state index in [0.717, 1.165) is 19.9 Å². The van der Waals surface area contributed by atoms with Crippen LogP contribution in [-0.2, 0) is 32.6 Å². The summed E-state index contributed by atoms with van der Waals surface area (Å²) in [5, 5.41) is 3.40. The Morgan fingerprint density at radius 1 is 0.923 bits per heavy atom. The van der Waals surface area contributed by atoms with Crippen LogP contribution in [0.3, 0.4) is 0 Å². The van der Waals surface area contributed by atoms with E-state index in [-0.39, 0.29) is 23.8 Å². The summed E-state index contributed by atoms with van der Waals surface area (Å²) in [5.41, 5.74) is 1.14. The molecule has 0 aliphatic rings. The summed E-state index contributed by atoms with van der Waals surface area (Å²) in [7, 11) is -2.63. The fourth-order valence-corrected chi connectivity index (χ4v) is 5.46. The average Bonchev–Trinajstić information content (AvgIpc) is 2.87. The number of halogens is 2. The van der Waals surface area contributed by atoms with E-state index in [1.54, 1.807) is 0 Å². The third-order valence-corrected chi connectivity index (χ3v) is 8.51. The minimum absolute atomic E-state index is 0.0213. The average molecular weight is 635 g/mol. The molecule has 10 heteroatoms. The normalized spacial score (nSPS) is 12.7. The molecule has 1 atom stereocenters. The lowest BCUT2D eigenvalue weighted by molar-refractivity contribution is -0.141. The Morgan fingerprint density at radius 3 is 2.08 bits per heavy atom. The Kier molecular flexibility index (Phi) is 10.3. The van der Waals surface area contributed by atoms with E-state index < -0.39 is 34.1 Å². The quantitative estimate of drug-likeness (QED) is 0.329. The number of rotatable bonds is 10. The molecule has 39 heavy (non-hydrogen) atoms. The highest BCUT2D eigenvalue weighted by molar-refractivity contribution is 9.10. The number of nitrogens with zero attached hydrogens (tertiary/aromatic N) is 2. The monoisotopic (exact) mass is 633 g/mol. The van der Waals surface area contributed by atoms with Crippen LogP contribution in [0.5, 0.6) is 0 Å². The molecule has 1 N–H and O–H groups in total. The van der Waals surface area contributed by atoms with Gasteiger partial charge in [-0.3, -0.25) is 9.59 Å². The Morgan fingerprint density at radius 2 is 1.51 bits per heavy atom. The van der Waals surface area contributed by atoms with Crippen LogP contribution in [0.1, 0.15) is 31.9 Å².